The second kappa shape index (κ2) is 4.48. The van der Waals surface area contributed by atoms with Gasteiger partial charge in [0.05, 0.1) is 5.33 Å². The molecule has 0 spiro atoms. The molecule has 2 rings (SSSR count). The van der Waals surface area contributed by atoms with E-state index in [9.17, 15) is 13.2 Å². The first kappa shape index (κ1) is 12.1. The fraction of sp³-hybridized carbons (Fsp3) is 0.200. The lowest BCUT2D eigenvalue weighted by molar-refractivity contribution is 0.447. The molecule has 17 heavy (non-hydrogen) atoms. The van der Waals surface area contributed by atoms with Crippen LogP contribution in [0.5, 0.6) is 0 Å². The summed E-state index contributed by atoms with van der Waals surface area (Å²) in [4.78, 5) is 0. The Morgan fingerprint density at radius 1 is 1.18 bits per heavy atom. The Morgan fingerprint density at radius 3 is 2.24 bits per heavy atom. The number of alkyl halides is 1. The first-order chi connectivity index (χ1) is 8.04. The van der Waals surface area contributed by atoms with Gasteiger partial charge < -0.3 is 4.57 Å². The summed E-state index contributed by atoms with van der Waals surface area (Å²) < 4.78 is 40.5. The molecule has 0 aliphatic rings. The van der Waals surface area contributed by atoms with Gasteiger partial charge in [-0.05, 0) is 12.1 Å². The lowest BCUT2D eigenvalue weighted by Gasteiger charge is -2.03. The van der Waals surface area contributed by atoms with E-state index in [1.807, 2.05) is 0 Å². The summed E-state index contributed by atoms with van der Waals surface area (Å²) in [5.74, 6) is -3.11. The van der Waals surface area contributed by atoms with Crippen molar-refractivity contribution in [1.29, 1.82) is 0 Å². The number of nitrogens with zero attached hydrogens (tertiary/aromatic N) is 3. The Hall–Kier alpha value is -1.37. The van der Waals surface area contributed by atoms with Crippen molar-refractivity contribution in [3.05, 3.63) is 35.4 Å². The van der Waals surface area contributed by atoms with Crippen LogP contribution < -0.4 is 0 Å². The van der Waals surface area contributed by atoms with Gasteiger partial charge in [0, 0.05) is 12.6 Å². The zero-order chi connectivity index (χ0) is 12.6. The predicted octanol–water partition coefficient (Wildman–Crippen LogP) is 2.79. The van der Waals surface area contributed by atoms with Gasteiger partial charge >= 0.3 is 0 Å². The molecule has 0 N–H and O–H groups in total. The van der Waals surface area contributed by atoms with Crippen LogP contribution in [0.2, 0.25) is 0 Å². The summed E-state index contributed by atoms with van der Waals surface area (Å²) in [5, 5.41) is 8.08. The Balaban J connectivity index is 2.57. The minimum absolute atomic E-state index is 0.142. The van der Waals surface area contributed by atoms with Crippen LogP contribution in [-0.2, 0) is 12.4 Å². The van der Waals surface area contributed by atoms with E-state index in [1.165, 1.54) is 0 Å². The maximum Gasteiger partial charge on any atom is 0.194 e. The van der Waals surface area contributed by atoms with Crippen molar-refractivity contribution in [3.8, 4) is 11.4 Å². The largest absolute Gasteiger partial charge is 0.313 e. The Kier molecular flexibility index (Phi) is 3.19. The second-order valence-electron chi connectivity index (χ2n) is 3.39. The van der Waals surface area contributed by atoms with Gasteiger partial charge in [0.25, 0.3) is 0 Å². The molecule has 90 valence electrons. The standard InChI is InChI=1S/C10H7BrF3N3/c1-17-8(4-11)15-16-10(17)5-2-6(12)9(14)7(13)3-5/h2-3H,4H2,1H3. The number of aromatic nitrogens is 3. The number of hydrogen-bond donors (Lipinski definition) is 0. The molecule has 2 aromatic rings. The van der Waals surface area contributed by atoms with Crippen molar-refractivity contribution in [2.75, 3.05) is 0 Å². The fourth-order valence-corrected chi connectivity index (χ4v) is 1.90. The third-order valence-corrected chi connectivity index (χ3v) is 2.83. The summed E-state index contributed by atoms with van der Waals surface area (Å²) in [6, 6.07) is 1.78. The molecule has 0 aliphatic heterocycles. The summed E-state index contributed by atoms with van der Waals surface area (Å²) >= 11 is 3.20. The van der Waals surface area contributed by atoms with Crippen molar-refractivity contribution in [2.24, 2.45) is 7.05 Å². The Bertz CT molecular complexity index is 545. The summed E-state index contributed by atoms with van der Waals surface area (Å²) in [5.41, 5.74) is 0.142. The van der Waals surface area contributed by atoms with Gasteiger partial charge in [-0.1, -0.05) is 15.9 Å². The van der Waals surface area contributed by atoms with Gasteiger partial charge in [-0.3, -0.25) is 0 Å². The first-order valence-electron chi connectivity index (χ1n) is 4.63. The van der Waals surface area contributed by atoms with Gasteiger partial charge in [-0.15, -0.1) is 10.2 Å². The third-order valence-electron chi connectivity index (χ3n) is 2.33. The van der Waals surface area contributed by atoms with Crippen LogP contribution >= 0.6 is 15.9 Å². The van der Waals surface area contributed by atoms with E-state index in [2.05, 4.69) is 26.1 Å². The van der Waals surface area contributed by atoms with Crippen LogP contribution in [0.15, 0.2) is 12.1 Å². The summed E-state index contributed by atoms with van der Waals surface area (Å²) in [6.07, 6.45) is 0. The molecule has 0 unspecified atom stereocenters. The number of rotatable bonds is 2. The van der Waals surface area contributed by atoms with Crippen LogP contribution in [0.25, 0.3) is 11.4 Å². The van der Waals surface area contributed by atoms with Crippen LogP contribution in [0.3, 0.4) is 0 Å². The van der Waals surface area contributed by atoms with Crippen molar-refractivity contribution in [3.63, 3.8) is 0 Å². The van der Waals surface area contributed by atoms with E-state index in [0.29, 0.717) is 11.2 Å². The van der Waals surface area contributed by atoms with E-state index in [4.69, 9.17) is 0 Å². The molecule has 0 bridgehead atoms. The molecule has 1 aromatic heterocycles. The Labute approximate surface area is 103 Å². The average molecular weight is 306 g/mol. The maximum absolute atomic E-state index is 13.1. The zero-order valence-corrected chi connectivity index (χ0v) is 10.3. The molecule has 0 aliphatic carbocycles. The van der Waals surface area contributed by atoms with Crippen LogP contribution in [0, 0.1) is 17.5 Å². The van der Waals surface area contributed by atoms with E-state index in [0.717, 1.165) is 12.1 Å². The summed E-state index contributed by atoms with van der Waals surface area (Å²) in [6.45, 7) is 0. The highest BCUT2D eigenvalue weighted by Gasteiger charge is 2.15. The lowest BCUT2D eigenvalue weighted by atomic mass is 10.2. The quantitative estimate of drug-likeness (QED) is 0.631. The van der Waals surface area contributed by atoms with Crippen molar-refractivity contribution in [2.45, 2.75) is 5.33 Å². The lowest BCUT2D eigenvalue weighted by Crippen LogP contribution is -1.99. The molecular formula is C10H7BrF3N3. The van der Waals surface area contributed by atoms with E-state index in [-0.39, 0.29) is 11.4 Å². The van der Waals surface area contributed by atoms with Gasteiger partial charge in [-0.2, -0.15) is 0 Å². The third kappa shape index (κ3) is 2.06. The minimum atomic E-state index is -1.49. The molecule has 0 radical (unpaired) electrons. The van der Waals surface area contributed by atoms with Crippen LogP contribution in [0.4, 0.5) is 13.2 Å². The minimum Gasteiger partial charge on any atom is -0.313 e. The van der Waals surface area contributed by atoms with E-state index < -0.39 is 17.5 Å². The Morgan fingerprint density at radius 2 is 1.76 bits per heavy atom. The van der Waals surface area contributed by atoms with Crippen LogP contribution in [-0.4, -0.2) is 14.8 Å². The van der Waals surface area contributed by atoms with Gasteiger partial charge in [0.2, 0.25) is 0 Å². The summed E-state index contributed by atoms with van der Waals surface area (Å²) in [7, 11) is 1.66. The smallest absolute Gasteiger partial charge is 0.194 e. The molecule has 1 heterocycles. The molecule has 3 nitrogen and oxygen atoms in total. The molecule has 1 aromatic carbocycles. The van der Waals surface area contributed by atoms with Crippen LogP contribution in [0.1, 0.15) is 5.82 Å². The zero-order valence-electron chi connectivity index (χ0n) is 8.72. The maximum atomic E-state index is 13.1. The second-order valence-corrected chi connectivity index (χ2v) is 3.95. The molecule has 0 saturated heterocycles. The highest BCUT2D eigenvalue weighted by Crippen LogP contribution is 2.22. The monoisotopic (exact) mass is 305 g/mol. The number of halogens is 4. The van der Waals surface area contributed by atoms with Crippen molar-refractivity contribution < 1.29 is 13.2 Å². The topological polar surface area (TPSA) is 30.7 Å². The predicted molar refractivity (Wildman–Crippen MR) is 58.9 cm³/mol. The van der Waals surface area contributed by atoms with Gasteiger partial charge in [-0.25, -0.2) is 13.2 Å². The van der Waals surface area contributed by atoms with Crippen molar-refractivity contribution >= 4 is 15.9 Å². The van der Waals surface area contributed by atoms with E-state index in [1.54, 1.807) is 11.6 Å². The van der Waals surface area contributed by atoms with Gasteiger partial charge in [0.15, 0.2) is 23.3 Å². The normalized spacial score (nSPS) is 10.9. The fourth-order valence-electron chi connectivity index (χ4n) is 1.41. The number of hydrogen-bond acceptors (Lipinski definition) is 2. The molecular weight excluding hydrogens is 299 g/mol. The highest BCUT2D eigenvalue weighted by molar-refractivity contribution is 9.08. The number of benzene rings is 1. The first-order valence-corrected chi connectivity index (χ1v) is 5.76. The molecule has 0 amide bonds. The van der Waals surface area contributed by atoms with Gasteiger partial charge in [0.1, 0.15) is 5.82 Å². The molecule has 0 fully saturated rings. The SMILES string of the molecule is Cn1c(CBr)nnc1-c1cc(F)c(F)c(F)c1. The highest BCUT2D eigenvalue weighted by atomic mass is 79.9. The molecule has 7 heteroatoms. The average Bonchev–Trinajstić information content (AvgIpc) is 2.66. The van der Waals surface area contributed by atoms with Crippen molar-refractivity contribution in [1.82, 2.24) is 14.8 Å². The molecule has 0 saturated carbocycles. The van der Waals surface area contributed by atoms with E-state index >= 15 is 0 Å². The molecule has 0 atom stereocenters.